The average Bonchev–Trinajstić information content (AvgIpc) is 2.48. The van der Waals surface area contributed by atoms with Crippen molar-refractivity contribution in [3.63, 3.8) is 0 Å². The first-order valence-corrected chi connectivity index (χ1v) is 4.01. The van der Waals surface area contributed by atoms with E-state index in [1.54, 1.807) is 0 Å². The van der Waals surface area contributed by atoms with Crippen molar-refractivity contribution in [2.24, 2.45) is 17.3 Å². The van der Waals surface area contributed by atoms with Crippen molar-refractivity contribution >= 4 is 11.9 Å². The Morgan fingerprint density at radius 2 is 1.85 bits per heavy atom. The number of carboxylic acid groups (broad SMARTS) is 2. The second-order valence-corrected chi connectivity index (χ2v) is 3.86. The molecule has 1 aliphatic carbocycles. The van der Waals surface area contributed by atoms with Gasteiger partial charge in [0.2, 0.25) is 0 Å². The predicted molar refractivity (Wildman–Crippen MR) is 45.2 cm³/mol. The lowest BCUT2D eigenvalue weighted by Crippen LogP contribution is -2.03. The van der Waals surface area contributed by atoms with E-state index in [9.17, 15) is 9.59 Å². The maximum Gasteiger partial charge on any atom is 0.327 e. The van der Waals surface area contributed by atoms with Gasteiger partial charge in [0.15, 0.2) is 0 Å². The fourth-order valence-electron chi connectivity index (χ4n) is 1.69. The molecule has 1 aliphatic rings. The van der Waals surface area contributed by atoms with Gasteiger partial charge in [0.25, 0.3) is 0 Å². The van der Waals surface area contributed by atoms with Crippen LogP contribution in [0, 0.1) is 17.3 Å². The Morgan fingerprint density at radius 3 is 2.15 bits per heavy atom. The van der Waals surface area contributed by atoms with E-state index in [1.165, 1.54) is 6.08 Å². The van der Waals surface area contributed by atoms with Crippen LogP contribution in [0.15, 0.2) is 12.2 Å². The third kappa shape index (κ3) is 1.71. The molecule has 13 heavy (non-hydrogen) atoms. The highest BCUT2D eigenvalue weighted by Gasteiger charge is 2.60. The zero-order valence-electron chi connectivity index (χ0n) is 7.52. The molecule has 2 unspecified atom stereocenters. The Labute approximate surface area is 75.9 Å². The number of allylic oxidation sites excluding steroid dienone is 1. The largest absolute Gasteiger partial charge is 0.481 e. The van der Waals surface area contributed by atoms with Gasteiger partial charge in [-0.15, -0.1) is 0 Å². The van der Waals surface area contributed by atoms with Crippen LogP contribution in [0.4, 0.5) is 0 Å². The molecule has 0 radical (unpaired) electrons. The monoisotopic (exact) mass is 184 g/mol. The molecule has 0 heterocycles. The van der Waals surface area contributed by atoms with Crippen molar-refractivity contribution in [1.29, 1.82) is 0 Å². The highest BCUT2D eigenvalue weighted by Crippen LogP contribution is 2.58. The molecule has 0 aromatic heterocycles. The van der Waals surface area contributed by atoms with Crippen LogP contribution >= 0.6 is 0 Å². The van der Waals surface area contributed by atoms with E-state index in [0.29, 0.717) is 0 Å². The molecule has 0 aromatic rings. The van der Waals surface area contributed by atoms with Gasteiger partial charge in [-0.25, -0.2) is 4.79 Å². The van der Waals surface area contributed by atoms with Gasteiger partial charge in [-0.05, 0) is 11.3 Å². The molecule has 0 aromatic carbocycles. The van der Waals surface area contributed by atoms with E-state index in [2.05, 4.69) is 0 Å². The van der Waals surface area contributed by atoms with Crippen LogP contribution in [0.5, 0.6) is 0 Å². The molecule has 1 fully saturated rings. The van der Waals surface area contributed by atoms with Gasteiger partial charge < -0.3 is 10.2 Å². The molecule has 72 valence electrons. The lowest BCUT2D eigenvalue weighted by molar-refractivity contribution is -0.139. The van der Waals surface area contributed by atoms with Crippen LogP contribution in [-0.2, 0) is 9.59 Å². The fourth-order valence-corrected chi connectivity index (χ4v) is 1.69. The molecule has 4 nitrogen and oxygen atoms in total. The van der Waals surface area contributed by atoms with Crippen molar-refractivity contribution in [2.75, 3.05) is 0 Å². The summed E-state index contributed by atoms with van der Waals surface area (Å²) in [5, 5.41) is 17.1. The third-order valence-corrected chi connectivity index (χ3v) is 2.62. The fraction of sp³-hybridized carbons (Fsp3) is 0.556. The number of aliphatic carboxylic acids is 2. The van der Waals surface area contributed by atoms with Crippen LogP contribution in [-0.4, -0.2) is 22.2 Å². The normalized spacial score (nSPS) is 30.3. The van der Waals surface area contributed by atoms with Gasteiger partial charge in [0.1, 0.15) is 0 Å². The molecule has 4 heteroatoms. The van der Waals surface area contributed by atoms with E-state index in [1.807, 2.05) is 13.8 Å². The molecule has 0 bridgehead atoms. The van der Waals surface area contributed by atoms with Crippen molar-refractivity contribution in [3.8, 4) is 0 Å². The maximum atomic E-state index is 10.7. The number of hydrogen-bond donors (Lipinski definition) is 2. The molecule has 1 saturated carbocycles. The molecular weight excluding hydrogens is 172 g/mol. The van der Waals surface area contributed by atoms with Gasteiger partial charge in [-0.2, -0.15) is 0 Å². The lowest BCUT2D eigenvalue weighted by atomic mass is 10.1. The molecule has 0 aliphatic heterocycles. The van der Waals surface area contributed by atoms with Crippen LogP contribution in [0.2, 0.25) is 0 Å². The number of rotatable bonds is 3. The van der Waals surface area contributed by atoms with Crippen LogP contribution in [0.1, 0.15) is 13.8 Å². The first-order chi connectivity index (χ1) is 5.87. The predicted octanol–water partition coefficient (Wildman–Crippen LogP) is 0.984. The minimum atomic E-state index is -1.04. The van der Waals surface area contributed by atoms with Gasteiger partial charge >= 0.3 is 11.9 Å². The smallest absolute Gasteiger partial charge is 0.327 e. The summed E-state index contributed by atoms with van der Waals surface area (Å²) >= 11 is 0. The minimum Gasteiger partial charge on any atom is -0.481 e. The van der Waals surface area contributed by atoms with E-state index >= 15 is 0 Å². The van der Waals surface area contributed by atoms with Crippen molar-refractivity contribution in [1.82, 2.24) is 0 Å². The summed E-state index contributed by atoms with van der Waals surface area (Å²) in [5.41, 5.74) is -0.308. The molecule has 2 N–H and O–H groups in total. The standard InChI is InChI=1S/C9H12O4/c1-9(2)5(3-4-6(10)11)7(9)8(12)13/h3-5,7H,1-2H3,(H,10,11)(H,12,13)/b4-3-. The van der Waals surface area contributed by atoms with E-state index in [0.717, 1.165) is 6.08 Å². The topological polar surface area (TPSA) is 74.6 Å². The maximum absolute atomic E-state index is 10.7. The number of carboxylic acids is 2. The minimum absolute atomic E-state index is 0.152. The summed E-state index contributed by atoms with van der Waals surface area (Å²) in [6.07, 6.45) is 2.47. The summed E-state index contributed by atoms with van der Waals surface area (Å²) in [7, 11) is 0. The van der Waals surface area contributed by atoms with E-state index in [4.69, 9.17) is 10.2 Å². The first kappa shape index (κ1) is 9.77. The SMILES string of the molecule is CC1(C)C(/C=C\C(=O)O)C1C(=O)O. The zero-order chi connectivity index (χ0) is 10.2. The second-order valence-electron chi connectivity index (χ2n) is 3.86. The average molecular weight is 184 g/mol. The molecule has 0 saturated heterocycles. The van der Waals surface area contributed by atoms with E-state index < -0.39 is 17.9 Å². The number of carbonyl (C=O) groups is 2. The number of hydrogen-bond acceptors (Lipinski definition) is 2. The zero-order valence-corrected chi connectivity index (χ0v) is 7.52. The highest BCUT2D eigenvalue weighted by molar-refractivity contribution is 5.81. The molecule has 2 atom stereocenters. The Bertz CT molecular complexity index is 277. The highest BCUT2D eigenvalue weighted by atomic mass is 16.4. The first-order valence-electron chi connectivity index (χ1n) is 4.01. The van der Waals surface area contributed by atoms with Crippen molar-refractivity contribution < 1.29 is 19.8 Å². The van der Waals surface area contributed by atoms with Crippen LogP contribution < -0.4 is 0 Å². The third-order valence-electron chi connectivity index (χ3n) is 2.62. The van der Waals surface area contributed by atoms with Gasteiger partial charge in [-0.3, -0.25) is 4.79 Å². The Morgan fingerprint density at radius 1 is 1.31 bits per heavy atom. The Kier molecular flexibility index (Phi) is 2.15. The van der Waals surface area contributed by atoms with Gasteiger partial charge in [-0.1, -0.05) is 19.9 Å². The lowest BCUT2D eigenvalue weighted by Gasteiger charge is -1.95. The molecule has 0 spiro atoms. The van der Waals surface area contributed by atoms with Crippen LogP contribution in [0.25, 0.3) is 0 Å². The molecular formula is C9H12O4. The van der Waals surface area contributed by atoms with Crippen LogP contribution in [0.3, 0.4) is 0 Å². The van der Waals surface area contributed by atoms with E-state index in [-0.39, 0.29) is 11.3 Å². The summed E-state index contributed by atoms with van der Waals surface area (Å²) in [6.45, 7) is 3.64. The summed E-state index contributed by atoms with van der Waals surface area (Å²) in [6, 6.07) is 0. The quantitative estimate of drug-likeness (QED) is 0.641. The summed E-state index contributed by atoms with van der Waals surface area (Å²) in [4.78, 5) is 20.8. The van der Waals surface area contributed by atoms with Crippen molar-refractivity contribution in [2.45, 2.75) is 13.8 Å². The van der Waals surface area contributed by atoms with Gasteiger partial charge in [0, 0.05) is 6.08 Å². The Balaban J connectivity index is 2.66. The Hall–Kier alpha value is -1.32. The molecule has 0 amide bonds. The van der Waals surface area contributed by atoms with Crippen molar-refractivity contribution in [3.05, 3.63) is 12.2 Å². The van der Waals surface area contributed by atoms with Gasteiger partial charge in [0.05, 0.1) is 5.92 Å². The molecule has 1 rings (SSSR count). The second kappa shape index (κ2) is 2.87. The summed E-state index contributed by atoms with van der Waals surface area (Å²) < 4.78 is 0. The summed E-state index contributed by atoms with van der Waals surface area (Å²) in [5.74, 6) is -2.49.